The van der Waals surface area contributed by atoms with Crippen molar-refractivity contribution in [3.05, 3.63) is 64.0 Å². The summed E-state index contributed by atoms with van der Waals surface area (Å²) < 4.78 is 14.2. The molecular weight excluding hydrogens is 367 g/mol. The van der Waals surface area contributed by atoms with E-state index in [0.29, 0.717) is 42.1 Å². The molecule has 1 saturated heterocycles. The standard InChI is InChI=1S/C20H18ClFN4O/c21-12-5-2-1-4-11-16(12)15-10-20(8-9-26(15)19(11)27)24-14-7-3-6-13(22)17(14)18(23)25-20/h1-3,5-7,15,24H,4,8-10H2,(H2,23,25). The molecule has 0 saturated carbocycles. The quantitative estimate of drug-likeness (QED) is 0.722. The van der Waals surface area contributed by atoms with Crippen LogP contribution in [0.5, 0.6) is 0 Å². The minimum absolute atomic E-state index is 0.0437. The highest BCUT2D eigenvalue weighted by Crippen LogP contribution is 2.45. The number of amidine groups is 1. The number of nitrogens with one attached hydrogen (secondary N) is 1. The molecule has 1 amide bonds. The van der Waals surface area contributed by atoms with E-state index in [-0.39, 0.29) is 17.8 Å². The number of hydrogen-bond donors (Lipinski definition) is 2. The van der Waals surface area contributed by atoms with Crippen molar-refractivity contribution in [3.8, 4) is 0 Å². The van der Waals surface area contributed by atoms with Crippen LogP contribution in [0.25, 0.3) is 0 Å². The van der Waals surface area contributed by atoms with Crippen LogP contribution in [0.2, 0.25) is 0 Å². The fraction of sp³-hybridized carbons (Fsp3) is 0.300. The molecule has 0 radical (unpaired) electrons. The van der Waals surface area contributed by atoms with Gasteiger partial charge in [0.15, 0.2) is 0 Å². The fourth-order valence-corrected chi connectivity index (χ4v) is 4.89. The first-order valence-corrected chi connectivity index (χ1v) is 9.36. The summed E-state index contributed by atoms with van der Waals surface area (Å²) in [6.45, 7) is 0.540. The van der Waals surface area contributed by atoms with E-state index in [1.165, 1.54) is 6.07 Å². The third-order valence-corrected chi connectivity index (χ3v) is 6.11. The first-order chi connectivity index (χ1) is 13.0. The molecule has 7 heteroatoms. The van der Waals surface area contributed by atoms with Crippen molar-refractivity contribution >= 4 is 29.0 Å². The smallest absolute Gasteiger partial charge is 0.251 e. The first-order valence-electron chi connectivity index (χ1n) is 8.98. The highest BCUT2D eigenvalue weighted by molar-refractivity contribution is 6.33. The van der Waals surface area contributed by atoms with Crippen molar-refractivity contribution in [2.45, 2.75) is 31.0 Å². The number of rotatable bonds is 0. The van der Waals surface area contributed by atoms with Crippen molar-refractivity contribution in [3.63, 3.8) is 0 Å². The summed E-state index contributed by atoms with van der Waals surface area (Å²) in [6, 6.07) is 4.67. The number of hydrogen-bond acceptors (Lipinski definition) is 4. The minimum atomic E-state index is -0.675. The predicted molar refractivity (Wildman–Crippen MR) is 103 cm³/mol. The Balaban J connectivity index is 1.55. The van der Waals surface area contributed by atoms with Gasteiger partial charge in [-0.25, -0.2) is 9.38 Å². The van der Waals surface area contributed by atoms with Crippen molar-refractivity contribution < 1.29 is 9.18 Å². The molecule has 1 aliphatic carbocycles. The van der Waals surface area contributed by atoms with Gasteiger partial charge in [0, 0.05) is 41.3 Å². The number of carbonyl (C=O) groups is 1. The van der Waals surface area contributed by atoms with Crippen LogP contribution in [0.3, 0.4) is 0 Å². The Labute approximate surface area is 161 Å². The van der Waals surface area contributed by atoms with Gasteiger partial charge in [-0.1, -0.05) is 29.8 Å². The molecule has 1 aromatic rings. The van der Waals surface area contributed by atoms with Gasteiger partial charge in [-0.15, -0.1) is 0 Å². The number of carbonyl (C=O) groups excluding carboxylic acids is 1. The molecule has 2 atom stereocenters. The van der Waals surface area contributed by atoms with Gasteiger partial charge in [0.25, 0.3) is 5.91 Å². The molecule has 3 aliphatic heterocycles. The molecule has 138 valence electrons. The Morgan fingerprint density at radius 1 is 1.41 bits per heavy atom. The molecule has 0 bridgehead atoms. The Bertz CT molecular complexity index is 996. The summed E-state index contributed by atoms with van der Waals surface area (Å²) in [6.07, 6.45) is 7.38. The summed E-state index contributed by atoms with van der Waals surface area (Å²) in [5.41, 5.74) is 8.04. The summed E-state index contributed by atoms with van der Waals surface area (Å²) in [5.74, 6) is -0.157. The van der Waals surface area contributed by atoms with Crippen molar-refractivity contribution in [2.75, 3.05) is 11.9 Å². The summed E-state index contributed by atoms with van der Waals surface area (Å²) >= 11 is 6.51. The monoisotopic (exact) mass is 384 g/mol. The highest BCUT2D eigenvalue weighted by Gasteiger charge is 2.50. The Kier molecular flexibility index (Phi) is 3.49. The van der Waals surface area contributed by atoms with Gasteiger partial charge in [0.1, 0.15) is 17.3 Å². The Hall–Kier alpha value is -2.60. The number of aliphatic imine (C=N–C) groups is 1. The van der Waals surface area contributed by atoms with Gasteiger partial charge in [-0.05, 0) is 24.6 Å². The van der Waals surface area contributed by atoms with Crippen LogP contribution in [-0.4, -0.2) is 34.9 Å². The van der Waals surface area contributed by atoms with Gasteiger partial charge in [-0.2, -0.15) is 0 Å². The normalized spacial score (nSPS) is 28.9. The third-order valence-electron chi connectivity index (χ3n) is 5.78. The molecule has 5 nitrogen and oxygen atoms in total. The Morgan fingerprint density at radius 2 is 2.26 bits per heavy atom. The van der Waals surface area contributed by atoms with Crippen LogP contribution in [0.4, 0.5) is 10.1 Å². The van der Waals surface area contributed by atoms with E-state index in [0.717, 1.165) is 11.1 Å². The molecule has 4 aliphatic rings. The lowest BCUT2D eigenvalue weighted by Crippen LogP contribution is -2.55. The average molecular weight is 385 g/mol. The van der Waals surface area contributed by atoms with Gasteiger partial charge in [-0.3, -0.25) is 4.79 Å². The first kappa shape index (κ1) is 16.6. The van der Waals surface area contributed by atoms with Crippen LogP contribution < -0.4 is 11.1 Å². The maximum absolute atomic E-state index is 14.2. The average Bonchev–Trinajstić information content (AvgIpc) is 2.76. The number of anilines is 1. The molecule has 2 unspecified atom stereocenters. The number of amides is 1. The van der Waals surface area contributed by atoms with E-state index in [4.69, 9.17) is 17.3 Å². The fourth-order valence-electron chi connectivity index (χ4n) is 4.58. The number of benzene rings is 1. The van der Waals surface area contributed by atoms with Gasteiger partial charge in [0.05, 0.1) is 11.6 Å². The molecule has 3 heterocycles. The van der Waals surface area contributed by atoms with Crippen LogP contribution in [-0.2, 0) is 4.79 Å². The van der Waals surface area contributed by atoms with E-state index >= 15 is 0 Å². The lowest BCUT2D eigenvalue weighted by atomic mass is 9.86. The molecule has 0 aromatic heterocycles. The summed E-state index contributed by atoms with van der Waals surface area (Å²) in [7, 11) is 0. The lowest BCUT2D eigenvalue weighted by Gasteiger charge is -2.45. The molecule has 1 spiro atoms. The molecule has 3 N–H and O–H groups in total. The second kappa shape index (κ2) is 5.70. The zero-order chi connectivity index (χ0) is 18.8. The van der Waals surface area contributed by atoms with Crippen LogP contribution >= 0.6 is 11.6 Å². The highest BCUT2D eigenvalue weighted by atomic mass is 35.5. The van der Waals surface area contributed by atoms with Crippen molar-refractivity contribution in [1.82, 2.24) is 4.90 Å². The largest absolute Gasteiger partial charge is 0.383 e. The van der Waals surface area contributed by atoms with E-state index in [1.54, 1.807) is 12.1 Å². The van der Waals surface area contributed by atoms with Gasteiger partial charge < -0.3 is 16.0 Å². The van der Waals surface area contributed by atoms with Crippen LogP contribution in [0, 0.1) is 5.82 Å². The third kappa shape index (κ3) is 2.36. The number of piperidine rings is 1. The minimum Gasteiger partial charge on any atom is -0.383 e. The van der Waals surface area contributed by atoms with E-state index in [9.17, 15) is 9.18 Å². The lowest BCUT2D eigenvalue weighted by molar-refractivity contribution is -0.128. The number of nitrogens with zero attached hydrogens (tertiary/aromatic N) is 2. The second-order valence-electron chi connectivity index (χ2n) is 7.32. The zero-order valence-electron chi connectivity index (χ0n) is 14.5. The molecule has 1 aromatic carbocycles. The van der Waals surface area contributed by atoms with Crippen LogP contribution in [0.1, 0.15) is 24.8 Å². The molecule has 5 rings (SSSR count). The van der Waals surface area contributed by atoms with Crippen LogP contribution in [0.15, 0.2) is 57.6 Å². The van der Waals surface area contributed by atoms with E-state index in [2.05, 4.69) is 10.3 Å². The summed E-state index contributed by atoms with van der Waals surface area (Å²) in [4.78, 5) is 19.4. The number of halogens is 2. The Morgan fingerprint density at radius 3 is 3.11 bits per heavy atom. The number of allylic oxidation sites excluding steroid dienone is 3. The molecule has 27 heavy (non-hydrogen) atoms. The van der Waals surface area contributed by atoms with Gasteiger partial charge >= 0.3 is 0 Å². The van der Waals surface area contributed by atoms with Crippen molar-refractivity contribution in [2.24, 2.45) is 10.7 Å². The van der Waals surface area contributed by atoms with E-state index < -0.39 is 11.5 Å². The maximum Gasteiger partial charge on any atom is 0.251 e. The molecular formula is C20H18ClFN4O. The second-order valence-corrected chi connectivity index (χ2v) is 7.73. The van der Waals surface area contributed by atoms with E-state index in [1.807, 2.05) is 23.1 Å². The maximum atomic E-state index is 14.2. The van der Waals surface area contributed by atoms with Gasteiger partial charge in [0.2, 0.25) is 0 Å². The SMILES string of the molecule is NC1=NC2(CCN3C(=O)C4=C(C(Cl)=CC=CC4)C3C2)Nc2cccc(F)c21. The summed E-state index contributed by atoms with van der Waals surface area (Å²) in [5, 5.41) is 3.98. The predicted octanol–water partition coefficient (Wildman–Crippen LogP) is 3.04. The number of nitrogens with two attached hydrogens (primary N) is 1. The number of fused-ring (bicyclic) bond motifs is 3. The molecule has 1 fully saturated rings. The zero-order valence-corrected chi connectivity index (χ0v) is 15.3. The topological polar surface area (TPSA) is 70.7 Å². The van der Waals surface area contributed by atoms with Crippen molar-refractivity contribution in [1.29, 1.82) is 0 Å².